The zero-order chi connectivity index (χ0) is 17.8. The number of benzene rings is 3. The molecule has 0 spiro atoms. The summed E-state index contributed by atoms with van der Waals surface area (Å²) >= 11 is 0. The first-order valence-electron chi connectivity index (χ1n) is 9.66. The average Bonchev–Trinajstić information content (AvgIpc) is 2.70. The summed E-state index contributed by atoms with van der Waals surface area (Å²) < 4.78 is 0. The topological polar surface area (TPSA) is 29.1 Å². The van der Waals surface area contributed by atoms with Gasteiger partial charge in [0.25, 0.3) is 0 Å². The number of carbonyl (C=O) groups is 1. The second-order valence-corrected chi connectivity index (χ2v) is 7.30. The van der Waals surface area contributed by atoms with Crippen molar-refractivity contribution < 1.29 is 4.79 Å². The lowest BCUT2D eigenvalue weighted by molar-refractivity contribution is -0.119. The van der Waals surface area contributed by atoms with E-state index in [1.807, 2.05) is 42.5 Å². The molecule has 0 saturated heterocycles. The number of nitrogens with one attached hydrogen (secondary N) is 1. The third-order valence-corrected chi connectivity index (χ3v) is 5.61. The third kappa shape index (κ3) is 3.50. The fourth-order valence-corrected chi connectivity index (χ4v) is 4.31. The summed E-state index contributed by atoms with van der Waals surface area (Å²) in [6, 6.07) is 24.6. The van der Waals surface area contributed by atoms with Crippen molar-refractivity contribution >= 4 is 22.4 Å². The molecule has 1 amide bonds. The molecule has 3 aromatic carbocycles. The summed E-state index contributed by atoms with van der Waals surface area (Å²) in [5.41, 5.74) is 2.04. The lowest BCUT2D eigenvalue weighted by Gasteiger charge is -2.30. The van der Waals surface area contributed by atoms with Crippen LogP contribution in [0.2, 0.25) is 0 Å². The molecule has 1 aliphatic carbocycles. The molecule has 132 valence electrons. The number of hydrogen-bond donors (Lipinski definition) is 1. The molecular weight excluding hydrogens is 318 g/mol. The largest absolute Gasteiger partial charge is 0.325 e. The molecule has 2 nitrogen and oxygen atoms in total. The summed E-state index contributed by atoms with van der Waals surface area (Å²) in [6.45, 7) is 0. The molecule has 1 aliphatic rings. The number of amides is 1. The monoisotopic (exact) mass is 343 g/mol. The highest BCUT2D eigenvalue weighted by atomic mass is 16.1. The van der Waals surface area contributed by atoms with Crippen LogP contribution in [0.5, 0.6) is 0 Å². The summed E-state index contributed by atoms with van der Waals surface area (Å²) in [7, 11) is 0. The van der Waals surface area contributed by atoms with Gasteiger partial charge in [0.05, 0.1) is 5.92 Å². The highest BCUT2D eigenvalue weighted by Gasteiger charge is 2.31. The van der Waals surface area contributed by atoms with Gasteiger partial charge in [-0.25, -0.2) is 0 Å². The number of carbonyl (C=O) groups excluding carboxylic acids is 1. The molecule has 1 atom stereocenters. The fraction of sp³-hybridized carbons (Fsp3) is 0.292. The van der Waals surface area contributed by atoms with Crippen LogP contribution in [0.25, 0.3) is 10.8 Å². The minimum Gasteiger partial charge on any atom is -0.325 e. The van der Waals surface area contributed by atoms with E-state index in [0.29, 0.717) is 5.92 Å². The lowest BCUT2D eigenvalue weighted by atomic mass is 9.76. The van der Waals surface area contributed by atoms with Gasteiger partial charge in [0.2, 0.25) is 5.91 Å². The molecule has 0 radical (unpaired) electrons. The Balaban J connectivity index is 1.65. The van der Waals surface area contributed by atoms with E-state index < -0.39 is 0 Å². The molecule has 2 heteroatoms. The van der Waals surface area contributed by atoms with Crippen LogP contribution in [0, 0.1) is 5.92 Å². The smallest absolute Gasteiger partial charge is 0.232 e. The van der Waals surface area contributed by atoms with E-state index in [9.17, 15) is 4.79 Å². The normalized spacial score (nSPS) is 16.3. The highest BCUT2D eigenvalue weighted by molar-refractivity contribution is 6.04. The molecule has 1 unspecified atom stereocenters. The first-order chi connectivity index (χ1) is 12.8. The quantitative estimate of drug-likeness (QED) is 0.605. The molecule has 3 aromatic rings. The van der Waals surface area contributed by atoms with Crippen LogP contribution in [0.1, 0.15) is 43.6 Å². The minimum atomic E-state index is -0.0736. The van der Waals surface area contributed by atoms with Gasteiger partial charge in [0.15, 0.2) is 0 Å². The standard InChI is InChI=1S/C24H25NO/c26-24(25-22-17-9-15-18-10-7-8-16-21(18)22)23(19-11-3-1-4-12-19)20-13-5-2-6-14-20/h1,3-4,7-12,15-17,20,23H,2,5-6,13-14H2,(H,25,26). The van der Waals surface area contributed by atoms with Gasteiger partial charge in [-0.1, -0.05) is 86.0 Å². The van der Waals surface area contributed by atoms with Gasteiger partial charge in [0.1, 0.15) is 0 Å². The third-order valence-electron chi connectivity index (χ3n) is 5.61. The van der Waals surface area contributed by atoms with Crippen molar-refractivity contribution in [3.05, 3.63) is 78.4 Å². The summed E-state index contributed by atoms with van der Waals surface area (Å²) in [4.78, 5) is 13.3. The molecule has 1 N–H and O–H groups in total. The second kappa shape index (κ2) is 7.74. The van der Waals surface area contributed by atoms with Crippen molar-refractivity contribution in [1.82, 2.24) is 0 Å². The van der Waals surface area contributed by atoms with Crippen LogP contribution in [-0.4, -0.2) is 5.91 Å². The zero-order valence-electron chi connectivity index (χ0n) is 15.0. The first kappa shape index (κ1) is 16.8. The summed E-state index contributed by atoms with van der Waals surface area (Å²) in [5, 5.41) is 5.49. The molecule has 0 aliphatic heterocycles. The van der Waals surface area contributed by atoms with E-state index in [0.717, 1.165) is 34.9 Å². The number of anilines is 1. The Kier molecular flexibility index (Phi) is 5.01. The van der Waals surface area contributed by atoms with E-state index in [-0.39, 0.29) is 11.8 Å². The maximum Gasteiger partial charge on any atom is 0.232 e. The van der Waals surface area contributed by atoms with E-state index in [4.69, 9.17) is 0 Å². The molecule has 4 rings (SSSR count). The van der Waals surface area contributed by atoms with Gasteiger partial charge in [-0.15, -0.1) is 0 Å². The lowest BCUT2D eigenvalue weighted by Crippen LogP contribution is -2.29. The molecule has 0 bridgehead atoms. The van der Waals surface area contributed by atoms with E-state index in [2.05, 4.69) is 35.6 Å². The Morgan fingerprint density at radius 3 is 2.31 bits per heavy atom. The molecule has 1 saturated carbocycles. The molecular formula is C24H25NO. The number of hydrogen-bond acceptors (Lipinski definition) is 1. The van der Waals surface area contributed by atoms with Gasteiger partial charge >= 0.3 is 0 Å². The van der Waals surface area contributed by atoms with Crippen molar-refractivity contribution in [2.24, 2.45) is 5.92 Å². The Hall–Kier alpha value is -2.61. The Morgan fingerprint density at radius 2 is 1.50 bits per heavy atom. The van der Waals surface area contributed by atoms with Crippen molar-refractivity contribution in [3.8, 4) is 0 Å². The van der Waals surface area contributed by atoms with Crippen molar-refractivity contribution in [3.63, 3.8) is 0 Å². The Labute approximate surface area is 155 Å². The van der Waals surface area contributed by atoms with Gasteiger partial charge in [-0.05, 0) is 35.8 Å². The van der Waals surface area contributed by atoms with Crippen molar-refractivity contribution in [2.75, 3.05) is 5.32 Å². The molecule has 0 heterocycles. The predicted molar refractivity (Wildman–Crippen MR) is 108 cm³/mol. The Bertz CT molecular complexity index is 876. The molecule has 1 fully saturated rings. The first-order valence-corrected chi connectivity index (χ1v) is 9.66. The van der Waals surface area contributed by atoms with Crippen LogP contribution in [-0.2, 0) is 4.79 Å². The van der Waals surface area contributed by atoms with Gasteiger partial charge < -0.3 is 5.32 Å². The summed E-state index contributed by atoms with van der Waals surface area (Å²) in [6.07, 6.45) is 6.04. The maximum atomic E-state index is 13.3. The van der Waals surface area contributed by atoms with Crippen LogP contribution in [0.4, 0.5) is 5.69 Å². The van der Waals surface area contributed by atoms with Gasteiger partial charge in [-0.2, -0.15) is 0 Å². The van der Waals surface area contributed by atoms with Crippen LogP contribution >= 0.6 is 0 Å². The van der Waals surface area contributed by atoms with Crippen molar-refractivity contribution in [1.29, 1.82) is 0 Å². The number of rotatable bonds is 4. The van der Waals surface area contributed by atoms with E-state index in [1.165, 1.54) is 19.3 Å². The van der Waals surface area contributed by atoms with E-state index in [1.54, 1.807) is 0 Å². The van der Waals surface area contributed by atoms with Gasteiger partial charge in [-0.3, -0.25) is 4.79 Å². The molecule has 0 aromatic heterocycles. The maximum absolute atomic E-state index is 13.3. The fourth-order valence-electron chi connectivity index (χ4n) is 4.31. The van der Waals surface area contributed by atoms with Crippen LogP contribution in [0.3, 0.4) is 0 Å². The molecule has 26 heavy (non-hydrogen) atoms. The Morgan fingerprint density at radius 1 is 0.808 bits per heavy atom. The average molecular weight is 343 g/mol. The predicted octanol–water partition coefficient (Wildman–Crippen LogP) is 6.14. The van der Waals surface area contributed by atoms with Crippen molar-refractivity contribution in [2.45, 2.75) is 38.0 Å². The zero-order valence-corrected chi connectivity index (χ0v) is 15.0. The summed E-state index contributed by atoms with van der Waals surface area (Å²) in [5.74, 6) is 0.482. The second-order valence-electron chi connectivity index (χ2n) is 7.30. The van der Waals surface area contributed by atoms with Crippen LogP contribution < -0.4 is 5.32 Å². The minimum absolute atomic E-state index is 0.0736. The van der Waals surface area contributed by atoms with Crippen LogP contribution in [0.15, 0.2) is 72.8 Å². The SMILES string of the molecule is O=C(Nc1cccc2ccccc12)C(c1ccccc1)C1CCCCC1. The number of fused-ring (bicyclic) bond motifs is 1. The highest BCUT2D eigenvalue weighted by Crippen LogP contribution is 2.37. The van der Waals surface area contributed by atoms with Gasteiger partial charge in [0, 0.05) is 11.1 Å². The van der Waals surface area contributed by atoms with E-state index >= 15 is 0 Å².